The summed E-state index contributed by atoms with van der Waals surface area (Å²) >= 11 is 0. The Bertz CT molecular complexity index is 314. The minimum atomic E-state index is -3.99. The molecule has 120 valence electrons. The van der Waals surface area contributed by atoms with Crippen LogP contribution in [0, 0.1) is 0 Å². The quantitative estimate of drug-likeness (QED) is 0.342. The van der Waals surface area contributed by atoms with Gasteiger partial charge in [-0.3, -0.25) is 0 Å². The molecule has 5 nitrogen and oxygen atoms in total. The van der Waals surface area contributed by atoms with Crippen LogP contribution >= 0.6 is 0 Å². The van der Waals surface area contributed by atoms with E-state index in [0.29, 0.717) is 12.7 Å². The van der Waals surface area contributed by atoms with Crippen molar-refractivity contribution in [2.75, 3.05) is 13.2 Å². The predicted octanol–water partition coefficient (Wildman–Crippen LogP) is 3.38. The van der Waals surface area contributed by atoms with E-state index in [0.717, 1.165) is 12.8 Å². The Morgan fingerprint density at radius 3 is 1.80 bits per heavy atom. The van der Waals surface area contributed by atoms with E-state index in [1.54, 1.807) is 0 Å². The molecule has 0 rings (SSSR count). The van der Waals surface area contributed by atoms with Gasteiger partial charge < -0.3 is 4.79 Å². The summed E-state index contributed by atoms with van der Waals surface area (Å²) in [6.45, 7) is 1.85. The van der Waals surface area contributed by atoms with Crippen LogP contribution < -0.4 is 0 Å². The molecule has 0 bridgehead atoms. The van der Waals surface area contributed by atoms with E-state index in [2.05, 4.69) is 15.3 Å². The molecule has 0 radical (unpaired) electrons. The van der Waals surface area contributed by atoms with Gasteiger partial charge in [0.25, 0.3) is 0 Å². The van der Waals surface area contributed by atoms with Crippen LogP contribution in [0.5, 0.6) is 0 Å². The minimum Gasteiger partial charge on any atom is -0.301 e. The van der Waals surface area contributed by atoms with Crippen molar-refractivity contribution in [2.45, 2.75) is 71.1 Å². The highest BCUT2D eigenvalue weighted by molar-refractivity contribution is 7.81. The highest BCUT2D eigenvalue weighted by atomic mass is 32.3. The van der Waals surface area contributed by atoms with Crippen molar-refractivity contribution in [3.05, 3.63) is 0 Å². The normalized spacial score (nSPS) is 11.7. The summed E-state index contributed by atoms with van der Waals surface area (Å²) in [6, 6.07) is 0. The average molecular weight is 308 g/mol. The summed E-state index contributed by atoms with van der Waals surface area (Å²) < 4.78 is 30.9. The first-order chi connectivity index (χ1) is 9.62. The monoisotopic (exact) mass is 308 g/mol. The van der Waals surface area contributed by atoms with Crippen LogP contribution in [0.25, 0.3) is 0 Å². The molecule has 0 aromatic rings. The van der Waals surface area contributed by atoms with Crippen LogP contribution in [0.4, 0.5) is 0 Å². The number of carbonyl (C=O) groups is 1. The molecule has 0 aliphatic heterocycles. The maximum Gasteiger partial charge on any atom is 0.400 e. The zero-order chi connectivity index (χ0) is 15.1. The van der Waals surface area contributed by atoms with Gasteiger partial charge in [-0.25, -0.2) is 8.37 Å². The van der Waals surface area contributed by atoms with E-state index in [9.17, 15) is 13.2 Å². The largest absolute Gasteiger partial charge is 0.400 e. The number of unbranched alkanes of at least 4 members (excludes halogenated alkanes) is 9. The lowest BCUT2D eigenvalue weighted by atomic mass is 10.1. The third kappa shape index (κ3) is 14.0. The topological polar surface area (TPSA) is 69.7 Å². The molecule has 0 heterocycles. The van der Waals surface area contributed by atoms with Gasteiger partial charge in [0.2, 0.25) is 0 Å². The Labute approximate surface area is 123 Å². The van der Waals surface area contributed by atoms with Gasteiger partial charge in [-0.2, -0.15) is 8.42 Å². The fourth-order valence-electron chi connectivity index (χ4n) is 1.90. The lowest BCUT2D eigenvalue weighted by Crippen LogP contribution is -2.12. The van der Waals surface area contributed by atoms with Crippen LogP contribution in [0.3, 0.4) is 0 Å². The third-order valence-electron chi connectivity index (χ3n) is 3.01. The van der Waals surface area contributed by atoms with Crippen LogP contribution in [0.15, 0.2) is 0 Å². The van der Waals surface area contributed by atoms with Crippen LogP contribution in [-0.4, -0.2) is 27.9 Å². The average Bonchev–Trinajstić information content (AvgIpc) is 2.42. The molecule has 0 aliphatic carbocycles. The van der Waals surface area contributed by atoms with Gasteiger partial charge in [-0.05, 0) is 6.42 Å². The summed E-state index contributed by atoms with van der Waals surface area (Å²) in [5.41, 5.74) is 0. The van der Waals surface area contributed by atoms with E-state index in [-0.39, 0.29) is 6.61 Å². The fraction of sp³-hybridized carbons (Fsp3) is 0.929. The second kappa shape index (κ2) is 13.5. The lowest BCUT2D eigenvalue weighted by Gasteiger charge is -2.04. The van der Waals surface area contributed by atoms with E-state index >= 15 is 0 Å². The first kappa shape index (κ1) is 19.5. The first-order valence-electron chi connectivity index (χ1n) is 7.60. The minimum absolute atomic E-state index is 0.123. The summed E-state index contributed by atoms with van der Waals surface area (Å²) in [7, 11) is -3.99. The molecule has 0 fully saturated rings. The highest BCUT2D eigenvalue weighted by Gasteiger charge is 2.10. The number of rotatable bonds is 15. The smallest absolute Gasteiger partial charge is 0.301 e. The van der Waals surface area contributed by atoms with Crippen molar-refractivity contribution >= 4 is 16.7 Å². The van der Waals surface area contributed by atoms with Crippen molar-refractivity contribution in [3.8, 4) is 0 Å². The number of aldehydes is 1. The van der Waals surface area contributed by atoms with Crippen molar-refractivity contribution in [1.82, 2.24) is 0 Å². The molecule has 6 heteroatoms. The molecule has 0 N–H and O–H groups in total. The van der Waals surface area contributed by atoms with Crippen molar-refractivity contribution in [1.29, 1.82) is 0 Å². The zero-order valence-electron chi connectivity index (χ0n) is 12.5. The van der Waals surface area contributed by atoms with Gasteiger partial charge in [0.1, 0.15) is 12.9 Å². The van der Waals surface area contributed by atoms with Crippen molar-refractivity contribution in [2.24, 2.45) is 0 Å². The van der Waals surface area contributed by atoms with E-state index in [1.807, 2.05) is 0 Å². The van der Waals surface area contributed by atoms with Gasteiger partial charge in [0.15, 0.2) is 0 Å². The molecule has 0 aromatic carbocycles. The molecule has 0 aliphatic rings. The fourth-order valence-corrected chi connectivity index (χ4v) is 2.51. The van der Waals surface area contributed by atoms with Crippen LogP contribution in [-0.2, 0) is 23.6 Å². The summed E-state index contributed by atoms with van der Waals surface area (Å²) in [5, 5.41) is 0. The molecule has 0 unspecified atom stereocenters. The van der Waals surface area contributed by atoms with E-state index in [4.69, 9.17) is 0 Å². The van der Waals surface area contributed by atoms with Gasteiger partial charge in [-0.1, -0.05) is 64.7 Å². The molecule has 0 aromatic heterocycles. The third-order valence-corrected chi connectivity index (χ3v) is 3.89. The molecular formula is C14H28O5S. The second-order valence-corrected chi connectivity index (χ2v) is 6.15. The maximum atomic E-state index is 11.0. The molecule has 0 amide bonds. The Morgan fingerprint density at radius 2 is 1.30 bits per heavy atom. The first-order valence-corrected chi connectivity index (χ1v) is 8.93. The van der Waals surface area contributed by atoms with E-state index < -0.39 is 17.0 Å². The molecule has 0 atom stereocenters. The molecular weight excluding hydrogens is 280 g/mol. The second-order valence-electron chi connectivity index (χ2n) is 4.86. The molecule has 0 saturated heterocycles. The van der Waals surface area contributed by atoms with Crippen LogP contribution in [0.2, 0.25) is 0 Å². The van der Waals surface area contributed by atoms with Gasteiger partial charge >= 0.3 is 10.4 Å². The number of hydrogen-bond acceptors (Lipinski definition) is 5. The maximum absolute atomic E-state index is 11.0. The summed E-state index contributed by atoms with van der Waals surface area (Å²) in [4.78, 5) is 9.97. The summed E-state index contributed by atoms with van der Waals surface area (Å²) in [6.07, 6.45) is 12.1. The van der Waals surface area contributed by atoms with Crippen molar-refractivity contribution in [3.63, 3.8) is 0 Å². The Hall–Kier alpha value is -0.460. The lowest BCUT2D eigenvalue weighted by molar-refractivity contribution is -0.109. The summed E-state index contributed by atoms with van der Waals surface area (Å²) in [5.74, 6) is 0. The Kier molecular flexibility index (Phi) is 13.2. The molecule has 0 spiro atoms. The van der Waals surface area contributed by atoms with Gasteiger partial charge in [0.05, 0.1) is 6.61 Å². The van der Waals surface area contributed by atoms with E-state index in [1.165, 1.54) is 44.9 Å². The number of hydrogen-bond donors (Lipinski definition) is 0. The standard InChI is InChI=1S/C14H28O5S/c1-2-3-4-5-6-7-8-9-10-11-13-18-20(16,17)19-14-12-15/h12H,2-11,13-14H2,1H3. The van der Waals surface area contributed by atoms with Gasteiger partial charge in [0, 0.05) is 0 Å². The predicted molar refractivity (Wildman–Crippen MR) is 78.7 cm³/mol. The molecule has 0 saturated carbocycles. The van der Waals surface area contributed by atoms with Crippen molar-refractivity contribution < 1.29 is 21.6 Å². The Balaban J connectivity index is 3.26. The van der Waals surface area contributed by atoms with Gasteiger partial charge in [-0.15, -0.1) is 0 Å². The SMILES string of the molecule is CCCCCCCCCCCCOS(=O)(=O)OCC=O. The van der Waals surface area contributed by atoms with Crippen LogP contribution in [0.1, 0.15) is 71.1 Å². The number of carbonyl (C=O) groups excluding carboxylic acids is 1. The molecule has 20 heavy (non-hydrogen) atoms. The highest BCUT2D eigenvalue weighted by Crippen LogP contribution is 2.10. The Morgan fingerprint density at radius 1 is 0.800 bits per heavy atom. The zero-order valence-corrected chi connectivity index (χ0v) is 13.3.